The zero-order valence-corrected chi connectivity index (χ0v) is 17.2. The molecule has 2 aromatic carbocycles. The predicted molar refractivity (Wildman–Crippen MR) is 110 cm³/mol. The van der Waals surface area contributed by atoms with Crippen LogP contribution in [0.4, 0.5) is 0 Å². The molecule has 6 nitrogen and oxygen atoms in total. The number of nitrogens with zero attached hydrogens (tertiary/aromatic N) is 2. The van der Waals surface area contributed by atoms with Crippen LogP contribution in [0.5, 0.6) is 0 Å². The van der Waals surface area contributed by atoms with Crippen molar-refractivity contribution in [2.75, 3.05) is 32.7 Å². The summed E-state index contributed by atoms with van der Waals surface area (Å²) in [7, 11) is -3.45. The lowest BCUT2D eigenvalue weighted by molar-refractivity contribution is 0.0955. The number of nitrogens with one attached hydrogen (secondary N) is 1. The number of carbonyl (C=O) groups is 1. The minimum Gasteiger partial charge on any atom is -0.352 e. The summed E-state index contributed by atoms with van der Waals surface area (Å²) < 4.78 is 27.2. The molecule has 0 radical (unpaired) electrons. The molecule has 0 atom stereocenters. The Labute approximate surface area is 167 Å². The second-order valence-electron chi connectivity index (χ2n) is 7.05. The molecule has 28 heavy (non-hydrogen) atoms. The van der Waals surface area contributed by atoms with E-state index in [-0.39, 0.29) is 5.91 Å². The van der Waals surface area contributed by atoms with Crippen molar-refractivity contribution in [3.05, 3.63) is 65.2 Å². The van der Waals surface area contributed by atoms with E-state index in [1.165, 1.54) is 0 Å². The molecule has 0 aliphatic carbocycles. The summed E-state index contributed by atoms with van der Waals surface area (Å²) in [6, 6.07) is 14.6. The van der Waals surface area contributed by atoms with Gasteiger partial charge in [0.2, 0.25) is 10.0 Å². The first-order chi connectivity index (χ1) is 13.4. The van der Waals surface area contributed by atoms with Crippen molar-refractivity contribution in [3.63, 3.8) is 0 Å². The van der Waals surface area contributed by atoms with E-state index in [2.05, 4.69) is 10.2 Å². The number of rotatable bonds is 6. The molecule has 1 fully saturated rings. The van der Waals surface area contributed by atoms with E-state index in [1.807, 2.05) is 44.2 Å². The van der Waals surface area contributed by atoms with Crippen molar-refractivity contribution in [3.8, 4) is 0 Å². The van der Waals surface area contributed by atoms with Gasteiger partial charge in [-0.25, -0.2) is 8.42 Å². The van der Waals surface area contributed by atoms with Gasteiger partial charge in [-0.3, -0.25) is 9.69 Å². The highest BCUT2D eigenvalue weighted by atomic mass is 32.2. The molecule has 150 valence electrons. The maximum Gasteiger partial charge on any atom is 0.251 e. The lowest BCUT2D eigenvalue weighted by Gasteiger charge is -2.34. The van der Waals surface area contributed by atoms with Crippen molar-refractivity contribution in [1.82, 2.24) is 14.5 Å². The number of hydrogen-bond acceptors (Lipinski definition) is 4. The van der Waals surface area contributed by atoms with Crippen LogP contribution < -0.4 is 5.32 Å². The minimum atomic E-state index is -3.45. The first-order valence-corrected chi connectivity index (χ1v) is 11.0. The minimum absolute atomic E-state index is 0.0710. The molecule has 7 heteroatoms. The molecule has 0 bridgehead atoms. The Bertz CT molecular complexity index is 918. The number of sulfonamides is 1. The van der Waals surface area contributed by atoms with Gasteiger partial charge in [-0.15, -0.1) is 0 Å². The van der Waals surface area contributed by atoms with Gasteiger partial charge in [-0.1, -0.05) is 29.8 Å². The van der Waals surface area contributed by atoms with E-state index in [9.17, 15) is 13.2 Å². The van der Waals surface area contributed by atoms with Crippen LogP contribution in [0, 0.1) is 6.92 Å². The molecule has 0 saturated carbocycles. The van der Waals surface area contributed by atoms with E-state index in [4.69, 9.17) is 0 Å². The van der Waals surface area contributed by atoms with Gasteiger partial charge in [-0.05, 0) is 43.7 Å². The topological polar surface area (TPSA) is 69.7 Å². The summed E-state index contributed by atoms with van der Waals surface area (Å²) in [5, 5.41) is 2.81. The van der Waals surface area contributed by atoms with E-state index in [1.54, 1.807) is 22.5 Å². The van der Waals surface area contributed by atoms with Crippen LogP contribution in [-0.2, 0) is 16.6 Å². The van der Waals surface area contributed by atoms with E-state index in [0.717, 1.165) is 11.1 Å². The Morgan fingerprint density at radius 2 is 1.71 bits per heavy atom. The summed E-state index contributed by atoms with van der Waals surface area (Å²) in [5.74, 6) is -0.0710. The summed E-state index contributed by atoms with van der Waals surface area (Å²) in [6.45, 7) is 7.39. The normalized spacial score (nSPS) is 16.1. The summed E-state index contributed by atoms with van der Waals surface area (Å²) in [6.07, 6.45) is 0. The molecule has 0 aromatic heterocycles. The molecule has 0 unspecified atom stereocenters. The number of aryl methyl sites for hydroxylation is 1. The molecular formula is C21H27N3O3S. The van der Waals surface area contributed by atoms with Gasteiger partial charge in [-0.2, -0.15) is 4.31 Å². The van der Waals surface area contributed by atoms with Crippen LogP contribution in [-0.4, -0.2) is 56.3 Å². The molecule has 1 aliphatic heterocycles. The lowest BCUT2D eigenvalue weighted by atomic mass is 10.1. The molecule has 1 amide bonds. The quantitative estimate of drug-likeness (QED) is 0.806. The summed E-state index contributed by atoms with van der Waals surface area (Å²) in [5.41, 5.74) is 2.75. The number of piperazine rings is 1. The van der Waals surface area contributed by atoms with Crippen LogP contribution in [0.25, 0.3) is 0 Å². The second kappa shape index (κ2) is 8.86. The Morgan fingerprint density at radius 1 is 1.04 bits per heavy atom. The first kappa shape index (κ1) is 20.5. The van der Waals surface area contributed by atoms with Gasteiger partial charge in [0.05, 0.1) is 4.90 Å². The number of hydrogen-bond donors (Lipinski definition) is 1. The maximum absolute atomic E-state index is 12.8. The van der Waals surface area contributed by atoms with Crippen molar-refractivity contribution in [1.29, 1.82) is 0 Å². The van der Waals surface area contributed by atoms with E-state index < -0.39 is 10.0 Å². The van der Waals surface area contributed by atoms with Crippen molar-refractivity contribution in [2.24, 2.45) is 0 Å². The van der Waals surface area contributed by atoms with Gasteiger partial charge < -0.3 is 5.32 Å². The summed E-state index contributed by atoms with van der Waals surface area (Å²) in [4.78, 5) is 14.6. The third-order valence-electron chi connectivity index (χ3n) is 4.92. The van der Waals surface area contributed by atoms with Gasteiger partial charge in [0.1, 0.15) is 0 Å². The fraction of sp³-hybridized carbons (Fsp3) is 0.381. The highest BCUT2D eigenvalue weighted by Crippen LogP contribution is 2.19. The van der Waals surface area contributed by atoms with Crippen LogP contribution >= 0.6 is 0 Å². The average Bonchev–Trinajstić information content (AvgIpc) is 2.69. The highest BCUT2D eigenvalue weighted by molar-refractivity contribution is 7.89. The third-order valence-corrected chi connectivity index (χ3v) is 6.84. The number of carbonyl (C=O) groups excluding carboxylic acids is 1. The number of amides is 1. The Hall–Kier alpha value is -2.22. The van der Waals surface area contributed by atoms with E-state index in [0.29, 0.717) is 49.7 Å². The fourth-order valence-electron chi connectivity index (χ4n) is 3.32. The van der Waals surface area contributed by atoms with Crippen molar-refractivity contribution < 1.29 is 13.2 Å². The van der Waals surface area contributed by atoms with Crippen LogP contribution in [0.15, 0.2) is 53.4 Å². The zero-order chi connectivity index (χ0) is 20.1. The SMILES string of the molecule is CCNC(=O)c1cccc(CN2CCN(S(=O)(=O)c3ccc(C)cc3)CC2)c1. The predicted octanol–water partition coefficient (Wildman–Crippen LogP) is 2.25. The van der Waals surface area contributed by atoms with Crippen LogP contribution in [0.2, 0.25) is 0 Å². The lowest BCUT2D eigenvalue weighted by Crippen LogP contribution is -2.48. The average molecular weight is 402 g/mol. The molecule has 2 aromatic rings. The number of benzene rings is 2. The van der Waals surface area contributed by atoms with Gasteiger partial charge >= 0.3 is 0 Å². The van der Waals surface area contributed by atoms with Crippen LogP contribution in [0.1, 0.15) is 28.4 Å². The van der Waals surface area contributed by atoms with Gasteiger partial charge in [0.25, 0.3) is 5.91 Å². The molecule has 3 rings (SSSR count). The molecule has 1 aliphatic rings. The second-order valence-corrected chi connectivity index (χ2v) is 8.99. The monoisotopic (exact) mass is 401 g/mol. The molecule has 0 spiro atoms. The van der Waals surface area contributed by atoms with E-state index >= 15 is 0 Å². The smallest absolute Gasteiger partial charge is 0.251 e. The largest absolute Gasteiger partial charge is 0.352 e. The third kappa shape index (κ3) is 4.79. The van der Waals surface area contributed by atoms with Crippen molar-refractivity contribution in [2.45, 2.75) is 25.3 Å². The Balaban J connectivity index is 1.61. The molecular weight excluding hydrogens is 374 g/mol. The first-order valence-electron chi connectivity index (χ1n) is 9.56. The maximum atomic E-state index is 12.8. The van der Waals surface area contributed by atoms with Gasteiger partial charge in [0, 0.05) is 44.8 Å². The Kier molecular flexibility index (Phi) is 6.49. The molecule has 1 saturated heterocycles. The molecule has 1 N–H and O–H groups in total. The highest BCUT2D eigenvalue weighted by Gasteiger charge is 2.28. The Morgan fingerprint density at radius 3 is 2.36 bits per heavy atom. The van der Waals surface area contributed by atoms with Crippen molar-refractivity contribution >= 4 is 15.9 Å². The standard InChI is InChI=1S/C21H27N3O3S/c1-3-22-21(25)19-6-4-5-18(15-19)16-23-11-13-24(14-12-23)28(26,27)20-9-7-17(2)8-10-20/h4-10,15H,3,11-14,16H2,1-2H3,(H,22,25). The zero-order valence-electron chi connectivity index (χ0n) is 16.4. The molecule has 1 heterocycles. The van der Waals surface area contributed by atoms with Crippen LogP contribution in [0.3, 0.4) is 0 Å². The van der Waals surface area contributed by atoms with Gasteiger partial charge in [0.15, 0.2) is 0 Å². The fourth-order valence-corrected chi connectivity index (χ4v) is 4.74. The summed E-state index contributed by atoms with van der Waals surface area (Å²) >= 11 is 0.